The van der Waals surface area contributed by atoms with Gasteiger partial charge in [0.05, 0.1) is 32.5 Å². The maximum Gasteiger partial charge on any atom is 0.314 e. The van der Waals surface area contributed by atoms with E-state index in [0.29, 0.717) is 32.5 Å². The Morgan fingerprint density at radius 3 is 2.68 bits per heavy atom. The molecule has 0 amide bonds. The fourth-order valence-electron chi connectivity index (χ4n) is 4.96. The fourth-order valence-corrected chi connectivity index (χ4v) is 4.96. The molecular weight excluding hydrogens is 360 g/mol. The molecule has 0 aromatic rings. The van der Waals surface area contributed by atoms with Crippen molar-refractivity contribution < 1.29 is 23.7 Å². The summed E-state index contributed by atoms with van der Waals surface area (Å²) in [6, 6.07) is 0.353. The summed E-state index contributed by atoms with van der Waals surface area (Å²) < 4.78 is 22.8. The van der Waals surface area contributed by atoms with Crippen LogP contribution in [-0.4, -0.2) is 68.6 Å². The molecule has 160 valence electrons. The van der Waals surface area contributed by atoms with Gasteiger partial charge in [-0.1, -0.05) is 6.92 Å². The zero-order valence-electron chi connectivity index (χ0n) is 17.7. The first kappa shape index (κ1) is 21.5. The molecule has 0 bridgehead atoms. The number of hydrogen-bond donors (Lipinski definition) is 0. The lowest BCUT2D eigenvalue weighted by atomic mass is 9.72. The van der Waals surface area contributed by atoms with E-state index in [9.17, 15) is 4.79 Å². The van der Waals surface area contributed by atoms with Crippen molar-refractivity contribution in [3.8, 4) is 0 Å². The monoisotopic (exact) mass is 396 g/mol. The van der Waals surface area contributed by atoms with E-state index >= 15 is 0 Å². The Hall–Kier alpha value is -1.18. The second-order valence-electron chi connectivity index (χ2n) is 8.03. The number of esters is 1. The third-order valence-electron chi connectivity index (χ3n) is 6.24. The van der Waals surface area contributed by atoms with Crippen LogP contribution in [0.25, 0.3) is 0 Å². The van der Waals surface area contributed by atoms with Crippen LogP contribution in [0.1, 0.15) is 58.8 Å². The molecule has 2 saturated heterocycles. The van der Waals surface area contributed by atoms with E-state index in [0.717, 1.165) is 57.2 Å². The molecular formula is C21H36N2O5. The topological polar surface area (TPSA) is 69.6 Å². The highest BCUT2D eigenvalue weighted by molar-refractivity contribution is 5.85. The van der Waals surface area contributed by atoms with Crippen molar-refractivity contribution in [1.29, 1.82) is 0 Å². The minimum Gasteiger partial charge on any atom is -0.466 e. The van der Waals surface area contributed by atoms with Crippen LogP contribution in [0.3, 0.4) is 0 Å². The van der Waals surface area contributed by atoms with Crippen LogP contribution >= 0.6 is 0 Å². The average Bonchev–Trinajstić information content (AvgIpc) is 3.32. The number of hydrazone groups is 1. The van der Waals surface area contributed by atoms with Crippen LogP contribution in [0, 0.1) is 11.8 Å². The molecule has 0 unspecified atom stereocenters. The molecule has 1 saturated carbocycles. The summed E-state index contributed by atoms with van der Waals surface area (Å²) in [5.41, 5.74) is 1.14. The molecule has 0 aromatic carbocycles. The van der Waals surface area contributed by atoms with Crippen molar-refractivity contribution in [2.45, 2.75) is 70.6 Å². The molecule has 3 rings (SSSR count). The molecule has 7 nitrogen and oxygen atoms in total. The molecule has 0 aromatic heterocycles. The van der Waals surface area contributed by atoms with Gasteiger partial charge in [-0.25, -0.2) is 0 Å². The summed E-state index contributed by atoms with van der Waals surface area (Å²) in [4.78, 5) is 12.9. The standard InChI is InChI=1S/C21H36N2O5/c1-4-17(22-23-11-7-9-18(23)15-25-3)14-16-8-6-10-21(27-12-13-28-21)19(16)20(24)26-5-2/h16,18-19H,4-15H2,1-3H3/t16-,18+,19+/m1/s1. The SMILES string of the molecule is CCOC(=O)[C@@H]1[C@@H](CC(CC)=NN2CCC[C@H]2COC)CCCC12OCCO2. The molecule has 3 atom stereocenters. The van der Waals surface area contributed by atoms with E-state index in [1.54, 1.807) is 7.11 Å². The van der Waals surface area contributed by atoms with Gasteiger partial charge in [0.25, 0.3) is 0 Å². The molecule has 28 heavy (non-hydrogen) atoms. The van der Waals surface area contributed by atoms with E-state index in [1.165, 1.54) is 0 Å². The Balaban J connectivity index is 1.76. The highest BCUT2D eigenvalue weighted by atomic mass is 16.7. The van der Waals surface area contributed by atoms with Crippen molar-refractivity contribution in [3.63, 3.8) is 0 Å². The van der Waals surface area contributed by atoms with Crippen molar-refractivity contribution in [3.05, 3.63) is 0 Å². The van der Waals surface area contributed by atoms with Gasteiger partial charge in [0.15, 0.2) is 5.79 Å². The molecule has 3 fully saturated rings. The molecule has 2 heterocycles. The van der Waals surface area contributed by atoms with Gasteiger partial charge in [-0.3, -0.25) is 9.80 Å². The van der Waals surface area contributed by atoms with E-state index in [4.69, 9.17) is 24.0 Å². The van der Waals surface area contributed by atoms with E-state index in [2.05, 4.69) is 11.9 Å². The van der Waals surface area contributed by atoms with Gasteiger partial charge in [-0.05, 0) is 51.4 Å². The summed E-state index contributed by atoms with van der Waals surface area (Å²) >= 11 is 0. The number of hydrogen-bond acceptors (Lipinski definition) is 7. The third-order valence-corrected chi connectivity index (χ3v) is 6.24. The zero-order valence-corrected chi connectivity index (χ0v) is 17.7. The minimum atomic E-state index is -0.805. The Kier molecular flexibility index (Phi) is 7.71. The van der Waals surface area contributed by atoms with Crippen LogP contribution in [-0.2, 0) is 23.7 Å². The largest absolute Gasteiger partial charge is 0.466 e. The lowest BCUT2D eigenvalue weighted by molar-refractivity contribution is -0.232. The average molecular weight is 397 g/mol. The smallest absolute Gasteiger partial charge is 0.314 e. The van der Waals surface area contributed by atoms with Crippen LogP contribution in [0.4, 0.5) is 0 Å². The van der Waals surface area contributed by atoms with Crippen molar-refractivity contribution in [2.24, 2.45) is 16.9 Å². The van der Waals surface area contributed by atoms with Gasteiger partial charge in [0, 0.05) is 25.8 Å². The maximum absolute atomic E-state index is 12.9. The molecule has 7 heteroatoms. The normalized spacial score (nSPS) is 30.2. The van der Waals surface area contributed by atoms with Gasteiger partial charge in [0.2, 0.25) is 0 Å². The first-order valence-corrected chi connectivity index (χ1v) is 10.9. The molecule has 3 aliphatic rings. The summed E-state index contributed by atoms with van der Waals surface area (Å²) in [6.07, 6.45) is 6.64. The van der Waals surface area contributed by atoms with Gasteiger partial charge in [0.1, 0.15) is 5.92 Å². The van der Waals surface area contributed by atoms with Crippen LogP contribution in [0.5, 0.6) is 0 Å². The molecule has 0 N–H and O–H groups in total. The van der Waals surface area contributed by atoms with Gasteiger partial charge in [-0.15, -0.1) is 0 Å². The predicted molar refractivity (Wildman–Crippen MR) is 106 cm³/mol. The maximum atomic E-state index is 12.9. The fraction of sp³-hybridized carbons (Fsp3) is 0.905. The molecule has 2 aliphatic heterocycles. The minimum absolute atomic E-state index is 0.132. The summed E-state index contributed by atoms with van der Waals surface area (Å²) in [5, 5.41) is 7.16. The van der Waals surface area contributed by atoms with E-state index < -0.39 is 5.79 Å². The van der Waals surface area contributed by atoms with Crippen LogP contribution < -0.4 is 0 Å². The lowest BCUT2D eigenvalue weighted by Gasteiger charge is -2.42. The van der Waals surface area contributed by atoms with Crippen molar-refractivity contribution in [2.75, 3.05) is 40.1 Å². The highest BCUT2D eigenvalue weighted by Crippen LogP contribution is 2.45. The van der Waals surface area contributed by atoms with Crippen LogP contribution in [0.2, 0.25) is 0 Å². The van der Waals surface area contributed by atoms with Gasteiger partial charge < -0.3 is 18.9 Å². The number of nitrogens with zero attached hydrogens (tertiary/aromatic N) is 2. The Morgan fingerprint density at radius 2 is 2.00 bits per heavy atom. The number of carbonyl (C=O) groups is 1. The predicted octanol–water partition coefficient (Wildman–Crippen LogP) is 2.98. The Bertz CT molecular complexity index is 547. The summed E-state index contributed by atoms with van der Waals surface area (Å²) in [7, 11) is 1.74. The second-order valence-corrected chi connectivity index (χ2v) is 8.03. The van der Waals surface area contributed by atoms with Crippen molar-refractivity contribution >= 4 is 11.7 Å². The Labute approximate surface area is 168 Å². The zero-order chi connectivity index (χ0) is 20.0. The van der Waals surface area contributed by atoms with Crippen LogP contribution in [0.15, 0.2) is 5.10 Å². The first-order valence-electron chi connectivity index (χ1n) is 10.9. The molecule has 1 aliphatic carbocycles. The number of methoxy groups -OCH3 is 1. The Morgan fingerprint density at radius 1 is 1.21 bits per heavy atom. The van der Waals surface area contributed by atoms with Gasteiger partial charge >= 0.3 is 5.97 Å². The van der Waals surface area contributed by atoms with Gasteiger partial charge in [-0.2, -0.15) is 5.10 Å². The quantitative estimate of drug-likeness (QED) is 0.464. The summed E-state index contributed by atoms with van der Waals surface area (Å²) in [5.74, 6) is -1.25. The summed E-state index contributed by atoms with van der Waals surface area (Å²) in [6.45, 7) is 7.13. The number of carbonyl (C=O) groups excluding carboxylic acids is 1. The number of rotatable bonds is 8. The van der Waals surface area contributed by atoms with E-state index in [1.807, 2.05) is 6.92 Å². The van der Waals surface area contributed by atoms with E-state index in [-0.39, 0.29) is 17.8 Å². The molecule has 0 radical (unpaired) electrons. The molecule has 1 spiro atoms. The number of ether oxygens (including phenoxy) is 4. The second kappa shape index (κ2) is 10.0. The lowest BCUT2D eigenvalue weighted by Crippen LogP contribution is -2.51. The first-order chi connectivity index (χ1) is 13.6. The van der Waals surface area contributed by atoms with Crippen molar-refractivity contribution in [1.82, 2.24) is 5.01 Å². The third kappa shape index (κ3) is 4.69. The highest BCUT2D eigenvalue weighted by Gasteiger charge is 2.54.